The van der Waals surface area contributed by atoms with Crippen molar-refractivity contribution in [3.05, 3.63) is 29.0 Å². The molecule has 0 aliphatic heterocycles. The molecule has 0 bridgehead atoms. The molecule has 1 heterocycles. The molecule has 0 amide bonds. The first kappa shape index (κ1) is 9.39. The smallest absolute Gasteiger partial charge is 0.209 e. The molecule has 2 aromatic rings. The topological polar surface area (TPSA) is 12.9 Å². The highest BCUT2D eigenvalue weighted by Gasteiger charge is 2.33. The number of hydrogen-bond donors (Lipinski definition) is 0. The van der Waals surface area contributed by atoms with Crippen molar-refractivity contribution < 1.29 is 17.6 Å². The highest BCUT2D eigenvalue weighted by Crippen LogP contribution is 2.35. The summed E-state index contributed by atoms with van der Waals surface area (Å²) in [6, 6.07) is 3.54. The van der Waals surface area contributed by atoms with E-state index in [4.69, 9.17) is 0 Å². The standard InChI is InChI=1S/C8H3F4NS/c9-7-13-6-4(8(10,11)12)2-1-3-5(6)14-7/h1-3H. The zero-order valence-corrected chi connectivity index (χ0v) is 7.42. The van der Waals surface area contributed by atoms with Crippen LogP contribution in [0.3, 0.4) is 0 Å². The Labute approximate surface area is 80.0 Å². The fourth-order valence-electron chi connectivity index (χ4n) is 1.15. The summed E-state index contributed by atoms with van der Waals surface area (Å²) in [5, 5.41) is -0.850. The third-order valence-electron chi connectivity index (χ3n) is 1.70. The van der Waals surface area contributed by atoms with Crippen LogP contribution in [-0.2, 0) is 6.18 Å². The van der Waals surface area contributed by atoms with Crippen LogP contribution in [0, 0.1) is 5.26 Å². The number of hydrogen-bond acceptors (Lipinski definition) is 2. The lowest BCUT2D eigenvalue weighted by Crippen LogP contribution is -2.05. The van der Waals surface area contributed by atoms with Gasteiger partial charge in [0.25, 0.3) is 5.26 Å². The maximum absolute atomic E-state index is 12.6. The third-order valence-corrected chi connectivity index (χ3v) is 2.51. The molecular weight excluding hydrogens is 218 g/mol. The van der Waals surface area contributed by atoms with Gasteiger partial charge in [-0.3, -0.25) is 0 Å². The Morgan fingerprint density at radius 1 is 1.21 bits per heavy atom. The molecule has 0 aliphatic rings. The number of para-hydroxylation sites is 1. The summed E-state index contributed by atoms with van der Waals surface area (Å²) in [5.74, 6) is 0. The monoisotopic (exact) mass is 221 g/mol. The van der Waals surface area contributed by atoms with E-state index in [1.54, 1.807) is 0 Å². The number of rotatable bonds is 0. The lowest BCUT2D eigenvalue weighted by Gasteiger charge is -2.05. The Morgan fingerprint density at radius 2 is 1.93 bits per heavy atom. The Hall–Kier alpha value is -1.17. The number of fused-ring (bicyclic) bond motifs is 1. The van der Waals surface area contributed by atoms with Crippen LogP contribution in [-0.4, -0.2) is 4.98 Å². The van der Waals surface area contributed by atoms with Gasteiger partial charge in [-0.15, -0.1) is 0 Å². The molecular formula is C8H3F4NS. The quantitative estimate of drug-likeness (QED) is 0.621. The molecule has 1 nitrogen and oxygen atoms in total. The van der Waals surface area contributed by atoms with Gasteiger partial charge < -0.3 is 0 Å². The number of halogens is 4. The Morgan fingerprint density at radius 3 is 2.57 bits per heavy atom. The lowest BCUT2D eigenvalue weighted by molar-refractivity contribution is -0.136. The summed E-state index contributed by atoms with van der Waals surface area (Å²) in [4.78, 5) is 3.21. The second kappa shape index (κ2) is 2.91. The van der Waals surface area contributed by atoms with Gasteiger partial charge in [0.1, 0.15) is 0 Å². The summed E-state index contributed by atoms with van der Waals surface area (Å²) in [5.41, 5.74) is -1.21. The maximum Gasteiger partial charge on any atom is 0.418 e. The van der Waals surface area contributed by atoms with Crippen molar-refractivity contribution in [1.29, 1.82) is 0 Å². The minimum atomic E-state index is -4.49. The Balaban J connectivity index is 2.77. The summed E-state index contributed by atoms with van der Waals surface area (Å²) in [7, 11) is 0. The normalized spacial score (nSPS) is 12.3. The zero-order chi connectivity index (χ0) is 10.3. The van der Waals surface area contributed by atoms with E-state index < -0.39 is 17.0 Å². The molecule has 0 saturated heterocycles. The summed E-state index contributed by atoms with van der Waals surface area (Å²) < 4.78 is 49.9. The second-order valence-corrected chi connectivity index (χ2v) is 3.60. The first-order chi connectivity index (χ1) is 6.48. The van der Waals surface area contributed by atoms with Gasteiger partial charge in [0, 0.05) is 0 Å². The average Bonchev–Trinajstić information content (AvgIpc) is 2.41. The van der Waals surface area contributed by atoms with Gasteiger partial charge in [0.05, 0.1) is 15.8 Å². The molecule has 2 rings (SSSR count). The average molecular weight is 221 g/mol. The molecule has 0 atom stereocenters. The van der Waals surface area contributed by atoms with Crippen molar-refractivity contribution in [1.82, 2.24) is 4.98 Å². The fraction of sp³-hybridized carbons (Fsp3) is 0.125. The Bertz CT molecular complexity index is 474. The SMILES string of the molecule is Fc1nc2c(C(F)(F)F)cccc2s1. The van der Waals surface area contributed by atoms with Gasteiger partial charge in [-0.1, -0.05) is 17.4 Å². The fourth-order valence-corrected chi connectivity index (χ4v) is 1.87. The third kappa shape index (κ3) is 1.45. The van der Waals surface area contributed by atoms with Crippen molar-refractivity contribution in [3.63, 3.8) is 0 Å². The van der Waals surface area contributed by atoms with Crippen molar-refractivity contribution in [2.75, 3.05) is 0 Å². The number of nitrogens with zero attached hydrogens (tertiary/aromatic N) is 1. The molecule has 1 aromatic heterocycles. The van der Waals surface area contributed by atoms with E-state index in [-0.39, 0.29) is 10.2 Å². The second-order valence-electron chi connectivity index (χ2n) is 2.62. The van der Waals surface area contributed by atoms with E-state index in [9.17, 15) is 17.6 Å². The lowest BCUT2D eigenvalue weighted by atomic mass is 10.2. The van der Waals surface area contributed by atoms with E-state index >= 15 is 0 Å². The van der Waals surface area contributed by atoms with Crippen LogP contribution in [0.4, 0.5) is 17.6 Å². The van der Waals surface area contributed by atoms with Crippen LogP contribution in [0.2, 0.25) is 0 Å². The predicted octanol–water partition coefficient (Wildman–Crippen LogP) is 3.45. The maximum atomic E-state index is 12.6. The van der Waals surface area contributed by atoms with E-state index in [2.05, 4.69) is 4.98 Å². The minimum absolute atomic E-state index is 0.206. The summed E-state index contributed by atoms with van der Waals surface area (Å²) >= 11 is 0.605. The Kier molecular flexibility index (Phi) is 1.95. The van der Waals surface area contributed by atoms with Crippen LogP contribution < -0.4 is 0 Å². The van der Waals surface area contributed by atoms with E-state index in [1.807, 2.05) is 0 Å². The van der Waals surface area contributed by atoms with Crippen molar-refractivity contribution in [2.24, 2.45) is 0 Å². The van der Waals surface area contributed by atoms with E-state index in [1.165, 1.54) is 12.1 Å². The van der Waals surface area contributed by atoms with Gasteiger partial charge in [-0.25, -0.2) is 4.98 Å². The highest BCUT2D eigenvalue weighted by molar-refractivity contribution is 7.17. The van der Waals surface area contributed by atoms with Crippen LogP contribution >= 0.6 is 11.3 Å². The zero-order valence-electron chi connectivity index (χ0n) is 6.60. The van der Waals surface area contributed by atoms with Gasteiger partial charge in [0.2, 0.25) is 0 Å². The van der Waals surface area contributed by atoms with Crippen molar-refractivity contribution in [2.45, 2.75) is 6.18 Å². The molecule has 0 N–H and O–H groups in total. The van der Waals surface area contributed by atoms with Crippen LogP contribution in [0.25, 0.3) is 10.2 Å². The first-order valence-corrected chi connectivity index (χ1v) is 4.42. The van der Waals surface area contributed by atoms with Gasteiger partial charge in [-0.05, 0) is 12.1 Å². The van der Waals surface area contributed by atoms with Gasteiger partial charge in [-0.2, -0.15) is 17.6 Å². The number of alkyl halides is 3. The largest absolute Gasteiger partial charge is 0.418 e. The molecule has 0 saturated carbocycles. The molecule has 74 valence electrons. The molecule has 1 aromatic carbocycles. The molecule has 0 aliphatic carbocycles. The number of thiazole rings is 1. The predicted molar refractivity (Wildman–Crippen MR) is 44.6 cm³/mol. The number of aromatic nitrogens is 1. The van der Waals surface area contributed by atoms with Crippen LogP contribution in [0.15, 0.2) is 18.2 Å². The molecule has 6 heteroatoms. The van der Waals surface area contributed by atoms with E-state index in [0.29, 0.717) is 11.3 Å². The summed E-state index contributed by atoms with van der Waals surface area (Å²) in [6.45, 7) is 0. The first-order valence-electron chi connectivity index (χ1n) is 3.61. The van der Waals surface area contributed by atoms with Gasteiger partial charge in [0.15, 0.2) is 0 Å². The van der Waals surface area contributed by atoms with Crippen LogP contribution in [0.5, 0.6) is 0 Å². The highest BCUT2D eigenvalue weighted by atomic mass is 32.1. The van der Waals surface area contributed by atoms with Gasteiger partial charge >= 0.3 is 6.18 Å². The molecule has 0 radical (unpaired) electrons. The molecule has 0 fully saturated rings. The van der Waals surface area contributed by atoms with Crippen molar-refractivity contribution in [3.8, 4) is 0 Å². The number of benzene rings is 1. The summed E-state index contributed by atoms with van der Waals surface area (Å²) in [6.07, 6.45) is -4.49. The molecule has 0 spiro atoms. The molecule has 0 unspecified atom stereocenters. The molecule has 14 heavy (non-hydrogen) atoms. The minimum Gasteiger partial charge on any atom is -0.209 e. The van der Waals surface area contributed by atoms with Crippen molar-refractivity contribution >= 4 is 21.6 Å². The van der Waals surface area contributed by atoms with E-state index in [0.717, 1.165) is 6.07 Å². The van der Waals surface area contributed by atoms with Crippen LogP contribution in [0.1, 0.15) is 5.56 Å².